The van der Waals surface area contributed by atoms with Crippen molar-refractivity contribution in [2.75, 3.05) is 0 Å². The van der Waals surface area contributed by atoms with Crippen LogP contribution >= 0.6 is 11.3 Å². The van der Waals surface area contributed by atoms with Crippen molar-refractivity contribution < 1.29 is 18.1 Å². The molecule has 4 aromatic rings. The van der Waals surface area contributed by atoms with Gasteiger partial charge in [-0.3, -0.25) is 14.2 Å². The minimum atomic E-state index is -1.31. The van der Waals surface area contributed by atoms with Crippen LogP contribution in [0.3, 0.4) is 0 Å². The van der Waals surface area contributed by atoms with Gasteiger partial charge in [0.15, 0.2) is 17.9 Å². The molecule has 4 rings (SSSR count). The number of fused-ring (bicyclic) bond motifs is 1. The maximum Gasteiger partial charge on any atom is 0.313 e. The van der Waals surface area contributed by atoms with Crippen molar-refractivity contribution in [2.45, 2.75) is 0 Å². The van der Waals surface area contributed by atoms with Crippen molar-refractivity contribution >= 4 is 28.6 Å². The summed E-state index contributed by atoms with van der Waals surface area (Å²) in [6.45, 7) is 0. The summed E-state index contributed by atoms with van der Waals surface area (Å²) < 4.78 is 33.7. The van der Waals surface area contributed by atoms with Crippen LogP contribution in [-0.4, -0.2) is 16.0 Å². The van der Waals surface area contributed by atoms with Gasteiger partial charge in [-0.2, -0.15) is 4.39 Å². The molecule has 0 saturated heterocycles. The zero-order chi connectivity index (χ0) is 17.6. The second-order valence-electron chi connectivity index (χ2n) is 5.19. The second-order valence-corrected chi connectivity index (χ2v) is 6.19. The van der Waals surface area contributed by atoms with E-state index in [2.05, 4.69) is 5.16 Å². The first-order valence-electron chi connectivity index (χ1n) is 7.11. The van der Waals surface area contributed by atoms with Crippen LogP contribution in [0, 0.1) is 11.6 Å². The van der Waals surface area contributed by atoms with Gasteiger partial charge in [0.05, 0.1) is 15.8 Å². The Balaban J connectivity index is 1.94. The number of thiazole rings is 1. The van der Waals surface area contributed by atoms with Crippen LogP contribution in [-0.2, 0) is 0 Å². The van der Waals surface area contributed by atoms with E-state index in [0.717, 1.165) is 23.0 Å². The number of aromatic nitrogens is 2. The minimum absolute atomic E-state index is 0.000399. The topological polar surface area (TPSA) is 65.1 Å². The first kappa shape index (κ1) is 15.4. The second kappa shape index (κ2) is 5.75. The van der Waals surface area contributed by atoms with E-state index in [-0.39, 0.29) is 22.4 Å². The zero-order valence-corrected chi connectivity index (χ0v) is 13.2. The summed E-state index contributed by atoms with van der Waals surface area (Å²) in [7, 11) is 0. The van der Waals surface area contributed by atoms with E-state index in [0.29, 0.717) is 4.88 Å². The SMILES string of the molecule is O=Cc1cc2c(-n3cc(-c4ccccc4)sc3=O)noc2c(F)c1F. The molecule has 0 fully saturated rings. The Labute approximate surface area is 142 Å². The number of rotatable bonds is 3. The Morgan fingerprint density at radius 3 is 2.64 bits per heavy atom. The van der Waals surface area contributed by atoms with Crippen molar-refractivity contribution in [3.8, 4) is 16.3 Å². The lowest BCUT2D eigenvalue weighted by Crippen LogP contribution is -2.09. The molecule has 0 amide bonds. The van der Waals surface area contributed by atoms with Gasteiger partial charge in [-0.25, -0.2) is 4.39 Å². The Morgan fingerprint density at radius 2 is 1.92 bits per heavy atom. The molecular formula is C17H8F2N2O3S. The van der Waals surface area contributed by atoms with E-state index in [9.17, 15) is 18.4 Å². The normalized spacial score (nSPS) is 11.1. The van der Waals surface area contributed by atoms with Gasteiger partial charge in [-0.1, -0.05) is 46.8 Å². The van der Waals surface area contributed by atoms with Crippen LogP contribution in [0.2, 0.25) is 0 Å². The molecule has 2 heterocycles. The quantitative estimate of drug-likeness (QED) is 0.523. The third kappa shape index (κ3) is 2.38. The van der Waals surface area contributed by atoms with Crippen molar-refractivity contribution in [3.05, 3.63) is 69.5 Å². The van der Waals surface area contributed by atoms with Crippen LogP contribution in [0.1, 0.15) is 10.4 Å². The highest BCUT2D eigenvalue weighted by atomic mass is 32.1. The van der Waals surface area contributed by atoms with Gasteiger partial charge in [0, 0.05) is 6.20 Å². The molecule has 0 aliphatic rings. The van der Waals surface area contributed by atoms with Gasteiger partial charge in [-0.15, -0.1) is 0 Å². The number of carbonyl (C=O) groups is 1. The molecular weight excluding hydrogens is 350 g/mol. The smallest absolute Gasteiger partial charge is 0.313 e. The predicted octanol–water partition coefficient (Wildman–Crippen LogP) is 3.80. The van der Waals surface area contributed by atoms with Crippen molar-refractivity contribution in [1.29, 1.82) is 0 Å². The zero-order valence-electron chi connectivity index (χ0n) is 12.4. The summed E-state index contributed by atoms with van der Waals surface area (Å²) in [4.78, 5) is 23.6. The number of carbonyl (C=O) groups excluding carboxylic acids is 1. The fraction of sp³-hybridized carbons (Fsp3) is 0. The third-order valence-electron chi connectivity index (χ3n) is 3.71. The number of hydrogen-bond acceptors (Lipinski definition) is 5. The van der Waals surface area contributed by atoms with Crippen molar-refractivity contribution in [1.82, 2.24) is 9.72 Å². The van der Waals surface area contributed by atoms with Crippen LogP contribution in [0.25, 0.3) is 27.2 Å². The first-order chi connectivity index (χ1) is 12.1. The van der Waals surface area contributed by atoms with Crippen LogP contribution in [0.4, 0.5) is 8.78 Å². The van der Waals surface area contributed by atoms with Crippen molar-refractivity contribution in [2.24, 2.45) is 0 Å². The van der Waals surface area contributed by atoms with E-state index in [4.69, 9.17) is 4.52 Å². The monoisotopic (exact) mass is 358 g/mol. The fourth-order valence-electron chi connectivity index (χ4n) is 2.50. The van der Waals surface area contributed by atoms with Crippen LogP contribution < -0.4 is 4.87 Å². The lowest BCUT2D eigenvalue weighted by atomic mass is 10.1. The number of halogens is 2. The lowest BCUT2D eigenvalue weighted by molar-refractivity contribution is 0.111. The van der Waals surface area contributed by atoms with Crippen LogP contribution in [0.15, 0.2) is 51.9 Å². The van der Waals surface area contributed by atoms with Gasteiger partial charge in [0.25, 0.3) is 0 Å². The summed E-state index contributed by atoms with van der Waals surface area (Å²) in [6.07, 6.45) is 1.74. The fourth-order valence-corrected chi connectivity index (χ4v) is 3.34. The summed E-state index contributed by atoms with van der Waals surface area (Å²) >= 11 is 0.980. The number of benzene rings is 2. The molecule has 0 N–H and O–H groups in total. The van der Waals surface area contributed by atoms with Crippen LogP contribution in [0.5, 0.6) is 0 Å². The van der Waals surface area contributed by atoms with E-state index in [1.807, 2.05) is 30.3 Å². The molecule has 8 heteroatoms. The predicted molar refractivity (Wildman–Crippen MR) is 88.2 cm³/mol. The molecule has 0 atom stereocenters. The molecule has 0 spiro atoms. The standard InChI is InChI=1S/C17H8F2N2O3S/c18-13-10(8-22)6-11-15(14(13)19)24-20-16(11)21-7-12(25-17(21)23)9-4-2-1-3-5-9/h1-8H. The third-order valence-corrected chi connectivity index (χ3v) is 4.64. The summed E-state index contributed by atoms with van der Waals surface area (Å²) in [5.74, 6) is -2.63. The van der Waals surface area contributed by atoms with E-state index < -0.39 is 22.8 Å². The molecule has 0 aliphatic heterocycles. The molecule has 0 aliphatic carbocycles. The Bertz CT molecular complexity index is 1160. The Morgan fingerprint density at radius 1 is 1.16 bits per heavy atom. The van der Waals surface area contributed by atoms with Gasteiger partial charge in [0.2, 0.25) is 11.4 Å². The summed E-state index contributed by atoms with van der Waals surface area (Å²) in [6, 6.07) is 10.3. The molecule has 0 bridgehead atoms. The maximum atomic E-state index is 14.0. The molecule has 5 nitrogen and oxygen atoms in total. The van der Waals surface area contributed by atoms with E-state index >= 15 is 0 Å². The average Bonchev–Trinajstić information content (AvgIpc) is 3.22. The molecule has 25 heavy (non-hydrogen) atoms. The summed E-state index contributed by atoms with van der Waals surface area (Å²) in [5.41, 5.74) is -0.0829. The highest BCUT2D eigenvalue weighted by molar-refractivity contribution is 7.12. The molecule has 0 saturated carbocycles. The first-order valence-corrected chi connectivity index (χ1v) is 7.92. The molecule has 0 unspecified atom stereocenters. The number of hydrogen-bond donors (Lipinski definition) is 0. The number of nitrogens with zero attached hydrogens (tertiary/aromatic N) is 2. The highest BCUT2D eigenvalue weighted by Crippen LogP contribution is 2.29. The molecule has 2 aromatic carbocycles. The molecule has 0 radical (unpaired) electrons. The average molecular weight is 358 g/mol. The van der Waals surface area contributed by atoms with E-state index in [1.54, 1.807) is 6.20 Å². The van der Waals surface area contributed by atoms with Crippen molar-refractivity contribution in [3.63, 3.8) is 0 Å². The van der Waals surface area contributed by atoms with Gasteiger partial charge < -0.3 is 4.52 Å². The largest absolute Gasteiger partial charge is 0.351 e. The van der Waals surface area contributed by atoms with Gasteiger partial charge >= 0.3 is 4.87 Å². The van der Waals surface area contributed by atoms with Gasteiger partial charge in [-0.05, 0) is 11.6 Å². The minimum Gasteiger partial charge on any atom is -0.351 e. The Hall–Kier alpha value is -3.13. The number of aldehydes is 1. The lowest BCUT2D eigenvalue weighted by Gasteiger charge is -1.99. The summed E-state index contributed by atoms with van der Waals surface area (Å²) in [5, 5.41) is 3.72. The van der Waals surface area contributed by atoms with Gasteiger partial charge in [0.1, 0.15) is 0 Å². The Kier molecular flexibility index (Phi) is 3.54. The highest BCUT2D eigenvalue weighted by Gasteiger charge is 2.22. The maximum absolute atomic E-state index is 14.0. The van der Waals surface area contributed by atoms with E-state index in [1.165, 1.54) is 4.57 Å². The molecule has 124 valence electrons. The molecule has 2 aromatic heterocycles.